The van der Waals surface area contributed by atoms with Crippen molar-refractivity contribution >= 4 is 16.7 Å². The van der Waals surface area contributed by atoms with Gasteiger partial charge in [-0.15, -0.1) is 0 Å². The zero-order chi connectivity index (χ0) is 14.8. The first-order valence-corrected chi connectivity index (χ1v) is 7.27. The van der Waals surface area contributed by atoms with Gasteiger partial charge in [-0.2, -0.15) is 0 Å². The molecule has 2 aromatic rings. The van der Waals surface area contributed by atoms with Crippen LogP contribution in [0, 0.1) is 6.92 Å². The van der Waals surface area contributed by atoms with Crippen molar-refractivity contribution in [3.63, 3.8) is 0 Å². The van der Waals surface area contributed by atoms with Crippen LogP contribution in [0.15, 0.2) is 27.4 Å². The molecule has 0 amide bonds. The van der Waals surface area contributed by atoms with Gasteiger partial charge in [0.25, 0.3) is 0 Å². The molecule has 112 valence electrons. The van der Waals surface area contributed by atoms with E-state index < -0.39 is 0 Å². The molecule has 1 aliphatic heterocycles. The maximum Gasteiger partial charge on any atom is 0.339 e. The Balaban J connectivity index is 1.87. The number of nitrogens with zero attached hydrogens (tertiary/aromatic N) is 1. The van der Waals surface area contributed by atoms with E-state index >= 15 is 0 Å². The predicted molar refractivity (Wildman–Crippen MR) is 82.6 cm³/mol. The Bertz CT molecular complexity index is 702. The van der Waals surface area contributed by atoms with Gasteiger partial charge in [0, 0.05) is 42.3 Å². The Hall–Kier alpha value is -1.85. The molecule has 0 aliphatic carbocycles. The molecule has 3 rings (SSSR count). The lowest BCUT2D eigenvalue weighted by molar-refractivity contribution is 0.0383. The van der Waals surface area contributed by atoms with Gasteiger partial charge < -0.3 is 14.9 Å². The standard InChI is InChI=1S/C16H20N2O3/c1-11-13-3-2-12(17)10-15(13)21-16(19)14(11)4-5-18-6-8-20-9-7-18/h2-3,10H,4-9,17H2,1H3. The topological polar surface area (TPSA) is 68.7 Å². The van der Waals surface area contributed by atoms with Crippen LogP contribution in [0.5, 0.6) is 0 Å². The summed E-state index contributed by atoms with van der Waals surface area (Å²) in [5.74, 6) is 0. The normalized spacial score (nSPS) is 16.4. The van der Waals surface area contributed by atoms with Gasteiger partial charge in [-0.05, 0) is 31.0 Å². The van der Waals surface area contributed by atoms with Crippen LogP contribution in [0.2, 0.25) is 0 Å². The van der Waals surface area contributed by atoms with Gasteiger partial charge in [-0.25, -0.2) is 4.79 Å². The summed E-state index contributed by atoms with van der Waals surface area (Å²) >= 11 is 0. The third-order valence-corrected chi connectivity index (χ3v) is 4.09. The summed E-state index contributed by atoms with van der Waals surface area (Å²) < 4.78 is 10.7. The number of hydrogen-bond acceptors (Lipinski definition) is 5. The van der Waals surface area contributed by atoms with Crippen LogP contribution in [0.1, 0.15) is 11.1 Å². The molecule has 2 N–H and O–H groups in total. The molecule has 0 unspecified atom stereocenters. The molecule has 0 bridgehead atoms. The lowest BCUT2D eigenvalue weighted by Crippen LogP contribution is -2.38. The molecule has 5 heteroatoms. The molecule has 21 heavy (non-hydrogen) atoms. The Morgan fingerprint density at radius 1 is 1.29 bits per heavy atom. The number of anilines is 1. The van der Waals surface area contributed by atoms with E-state index in [-0.39, 0.29) is 5.63 Å². The molecule has 1 aliphatic rings. The quantitative estimate of drug-likeness (QED) is 0.685. The smallest absolute Gasteiger partial charge is 0.339 e. The minimum Gasteiger partial charge on any atom is -0.422 e. The molecular weight excluding hydrogens is 268 g/mol. The maximum atomic E-state index is 12.2. The van der Waals surface area contributed by atoms with E-state index in [1.54, 1.807) is 6.07 Å². The molecule has 5 nitrogen and oxygen atoms in total. The monoisotopic (exact) mass is 288 g/mol. The van der Waals surface area contributed by atoms with Gasteiger partial charge in [0.05, 0.1) is 13.2 Å². The minimum absolute atomic E-state index is 0.251. The predicted octanol–water partition coefficient (Wildman–Crippen LogP) is 1.56. The molecule has 1 saturated heterocycles. The Morgan fingerprint density at radius 3 is 2.81 bits per heavy atom. The molecule has 0 spiro atoms. The van der Waals surface area contributed by atoms with Crippen molar-refractivity contribution in [1.29, 1.82) is 0 Å². The summed E-state index contributed by atoms with van der Waals surface area (Å²) in [6.07, 6.45) is 0.703. The molecule has 2 heterocycles. The van der Waals surface area contributed by atoms with Crippen molar-refractivity contribution in [2.45, 2.75) is 13.3 Å². The third-order valence-electron chi connectivity index (χ3n) is 4.09. The third kappa shape index (κ3) is 2.94. The number of rotatable bonds is 3. The highest BCUT2D eigenvalue weighted by molar-refractivity contribution is 5.83. The Kier molecular flexibility index (Phi) is 3.94. The van der Waals surface area contributed by atoms with Gasteiger partial charge in [0.1, 0.15) is 5.58 Å². The largest absolute Gasteiger partial charge is 0.422 e. The summed E-state index contributed by atoms with van der Waals surface area (Å²) in [6.45, 7) is 6.22. The van der Waals surface area contributed by atoms with Crippen LogP contribution in [0.3, 0.4) is 0 Å². The van der Waals surface area contributed by atoms with Crippen LogP contribution in [-0.4, -0.2) is 37.7 Å². The zero-order valence-electron chi connectivity index (χ0n) is 12.2. The fourth-order valence-electron chi connectivity index (χ4n) is 2.79. The van der Waals surface area contributed by atoms with E-state index in [9.17, 15) is 4.79 Å². The lowest BCUT2D eigenvalue weighted by Gasteiger charge is -2.26. The number of morpholine rings is 1. The van der Waals surface area contributed by atoms with Gasteiger partial charge in [-0.1, -0.05) is 0 Å². The Labute approximate surface area is 123 Å². The highest BCUT2D eigenvalue weighted by atomic mass is 16.5. The van der Waals surface area contributed by atoms with E-state index in [0.29, 0.717) is 17.7 Å². The molecular formula is C16H20N2O3. The highest BCUT2D eigenvalue weighted by Gasteiger charge is 2.15. The van der Waals surface area contributed by atoms with E-state index in [1.807, 2.05) is 19.1 Å². The number of ether oxygens (including phenoxy) is 1. The average molecular weight is 288 g/mol. The first-order chi connectivity index (χ1) is 10.1. The average Bonchev–Trinajstić information content (AvgIpc) is 2.47. The van der Waals surface area contributed by atoms with Gasteiger partial charge in [0.2, 0.25) is 0 Å². The Morgan fingerprint density at radius 2 is 2.05 bits per heavy atom. The molecule has 0 radical (unpaired) electrons. The van der Waals surface area contributed by atoms with Crippen molar-refractivity contribution < 1.29 is 9.15 Å². The van der Waals surface area contributed by atoms with E-state index in [4.69, 9.17) is 14.9 Å². The fraction of sp³-hybridized carbons (Fsp3) is 0.438. The summed E-state index contributed by atoms with van der Waals surface area (Å²) in [5.41, 5.74) is 8.41. The first-order valence-electron chi connectivity index (χ1n) is 7.27. The highest BCUT2D eigenvalue weighted by Crippen LogP contribution is 2.22. The molecule has 0 saturated carbocycles. The van der Waals surface area contributed by atoms with Crippen LogP contribution in [0.25, 0.3) is 11.0 Å². The van der Waals surface area contributed by atoms with Gasteiger partial charge in [0.15, 0.2) is 0 Å². The van der Waals surface area contributed by atoms with E-state index in [0.717, 1.165) is 49.4 Å². The summed E-state index contributed by atoms with van der Waals surface area (Å²) in [4.78, 5) is 14.5. The van der Waals surface area contributed by atoms with Crippen LogP contribution in [0.4, 0.5) is 5.69 Å². The first kappa shape index (κ1) is 14.1. The second kappa shape index (κ2) is 5.87. The van der Waals surface area contributed by atoms with Crippen LogP contribution in [-0.2, 0) is 11.2 Å². The van der Waals surface area contributed by atoms with Crippen molar-refractivity contribution in [1.82, 2.24) is 4.90 Å². The van der Waals surface area contributed by atoms with Crippen LogP contribution >= 0.6 is 0 Å². The molecule has 1 aromatic heterocycles. The summed E-state index contributed by atoms with van der Waals surface area (Å²) in [6, 6.07) is 5.46. The number of nitrogen functional groups attached to an aromatic ring is 1. The van der Waals surface area contributed by atoms with Gasteiger partial charge >= 0.3 is 5.63 Å². The van der Waals surface area contributed by atoms with Crippen molar-refractivity contribution in [3.8, 4) is 0 Å². The van der Waals surface area contributed by atoms with Crippen LogP contribution < -0.4 is 11.4 Å². The van der Waals surface area contributed by atoms with Gasteiger partial charge in [-0.3, -0.25) is 4.90 Å². The van der Waals surface area contributed by atoms with Crippen molar-refractivity contribution in [3.05, 3.63) is 39.7 Å². The molecule has 0 atom stereocenters. The minimum atomic E-state index is -0.251. The van der Waals surface area contributed by atoms with Crippen molar-refractivity contribution in [2.75, 3.05) is 38.6 Å². The SMILES string of the molecule is Cc1c(CCN2CCOCC2)c(=O)oc2cc(N)ccc12. The number of nitrogens with two attached hydrogens (primary N) is 1. The number of aryl methyl sites for hydroxylation is 1. The lowest BCUT2D eigenvalue weighted by atomic mass is 10.0. The molecule has 1 fully saturated rings. The van der Waals surface area contributed by atoms with E-state index in [2.05, 4.69) is 4.90 Å². The summed E-state index contributed by atoms with van der Waals surface area (Å²) in [5, 5.41) is 0.959. The number of benzene rings is 1. The zero-order valence-corrected chi connectivity index (χ0v) is 12.2. The van der Waals surface area contributed by atoms with Crippen molar-refractivity contribution in [2.24, 2.45) is 0 Å². The second-order valence-corrected chi connectivity index (χ2v) is 5.45. The fourth-order valence-corrected chi connectivity index (χ4v) is 2.79. The molecule has 1 aromatic carbocycles. The summed E-state index contributed by atoms with van der Waals surface area (Å²) in [7, 11) is 0. The maximum absolute atomic E-state index is 12.2. The number of hydrogen-bond donors (Lipinski definition) is 1. The number of fused-ring (bicyclic) bond motifs is 1. The second-order valence-electron chi connectivity index (χ2n) is 5.45. The van der Waals surface area contributed by atoms with E-state index in [1.165, 1.54) is 0 Å².